The maximum absolute atomic E-state index is 12.2. The van der Waals surface area contributed by atoms with Crippen molar-refractivity contribution >= 4 is 23.2 Å². The zero-order valence-electron chi connectivity index (χ0n) is 12.5. The lowest BCUT2D eigenvalue weighted by Gasteiger charge is -2.27. The summed E-state index contributed by atoms with van der Waals surface area (Å²) in [5.74, 6) is -0.205. The van der Waals surface area contributed by atoms with Crippen LogP contribution in [0.2, 0.25) is 0 Å². The summed E-state index contributed by atoms with van der Waals surface area (Å²) in [4.78, 5) is 39.4. The number of benzene rings is 1. The van der Waals surface area contributed by atoms with Crippen LogP contribution in [0.5, 0.6) is 0 Å². The van der Waals surface area contributed by atoms with Crippen LogP contribution in [0.3, 0.4) is 0 Å². The van der Waals surface area contributed by atoms with E-state index in [1.54, 1.807) is 23.1 Å². The number of amides is 2. The van der Waals surface area contributed by atoms with Crippen molar-refractivity contribution in [2.45, 2.75) is 19.3 Å². The number of hydrogen-bond donors (Lipinski definition) is 2. The number of nitrogens with zero attached hydrogens (tertiary/aromatic N) is 1. The number of piperidine rings is 1. The topological polar surface area (TPSA) is 82.3 Å². The Morgan fingerprint density at radius 3 is 2.74 bits per heavy atom. The van der Waals surface area contributed by atoms with E-state index >= 15 is 0 Å². The summed E-state index contributed by atoms with van der Waals surface area (Å²) in [6.07, 6.45) is 3.85. The molecular weight excluding hydrogens is 294 g/mol. The van der Waals surface area contributed by atoms with Crippen molar-refractivity contribution in [3.05, 3.63) is 58.5 Å². The van der Waals surface area contributed by atoms with Crippen molar-refractivity contribution < 1.29 is 9.59 Å². The Labute approximate surface area is 133 Å². The molecule has 118 valence electrons. The molecule has 1 saturated heterocycles. The van der Waals surface area contributed by atoms with E-state index in [0.717, 1.165) is 18.5 Å². The molecule has 6 heteroatoms. The van der Waals surface area contributed by atoms with Crippen molar-refractivity contribution in [2.24, 2.45) is 0 Å². The molecule has 6 nitrogen and oxygen atoms in total. The van der Waals surface area contributed by atoms with Crippen molar-refractivity contribution in [3.63, 3.8) is 0 Å². The minimum Gasteiger partial charge on any atom is -0.328 e. The largest absolute Gasteiger partial charge is 0.328 e. The maximum Gasteiger partial charge on any atom is 0.257 e. The van der Waals surface area contributed by atoms with Crippen molar-refractivity contribution in [1.82, 2.24) is 4.98 Å². The van der Waals surface area contributed by atoms with Crippen LogP contribution in [0.4, 0.5) is 11.4 Å². The molecule has 23 heavy (non-hydrogen) atoms. The van der Waals surface area contributed by atoms with Crippen molar-refractivity contribution in [3.8, 4) is 0 Å². The second kappa shape index (κ2) is 6.48. The highest BCUT2D eigenvalue weighted by Gasteiger charge is 2.19. The number of aromatic nitrogens is 1. The highest BCUT2D eigenvalue weighted by molar-refractivity contribution is 6.04. The van der Waals surface area contributed by atoms with Crippen LogP contribution in [-0.4, -0.2) is 23.3 Å². The second-order valence-corrected chi connectivity index (χ2v) is 5.45. The Morgan fingerprint density at radius 1 is 1.13 bits per heavy atom. The van der Waals surface area contributed by atoms with E-state index in [0.29, 0.717) is 24.2 Å². The Balaban J connectivity index is 1.77. The number of H-pyrrole nitrogens is 1. The van der Waals surface area contributed by atoms with E-state index < -0.39 is 0 Å². The zero-order valence-corrected chi connectivity index (χ0v) is 12.5. The monoisotopic (exact) mass is 311 g/mol. The molecule has 0 atom stereocenters. The Bertz CT molecular complexity index is 777. The molecule has 0 bridgehead atoms. The lowest BCUT2D eigenvalue weighted by atomic mass is 10.1. The van der Waals surface area contributed by atoms with E-state index in [1.807, 2.05) is 6.07 Å². The molecule has 0 radical (unpaired) electrons. The normalized spacial score (nSPS) is 14.6. The fraction of sp³-hybridized carbons (Fsp3) is 0.235. The molecule has 1 aliphatic rings. The first-order valence-corrected chi connectivity index (χ1v) is 7.54. The first kappa shape index (κ1) is 15.0. The summed E-state index contributed by atoms with van der Waals surface area (Å²) < 4.78 is 0. The van der Waals surface area contributed by atoms with Gasteiger partial charge in [0, 0.05) is 36.6 Å². The third-order valence-corrected chi connectivity index (χ3v) is 3.79. The van der Waals surface area contributed by atoms with Crippen LogP contribution in [0.1, 0.15) is 29.6 Å². The van der Waals surface area contributed by atoms with E-state index in [2.05, 4.69) is 10.3 Å². The highest BCUT2D eigenvalue weighted by atomic mass is 16.2. The Morgan fingerprint density at radius 2 is 2.00 bits per heavy atom. The molecule has 0 unspecified atom stereocenters. The van der Waals surface area contributed by atoms with Gasteiger partial charge in [-0.25, -0.2) is 0 Å². The Kier molecular flexibility index (Phi) is 4.23. The first-order chi connectivity index (χ1) is 11.1. The third-order valence-electron chi connectivity index (χ3n) is 3.79. The quantitative estimate of drug-likeness (QED) is 0.911. The minimum atomic E-state index is -0.316. The number of nitrogens with one attached hydrogen (secondary N) is 2. The van der Waals surface area contributed by atoms with Crippen LogP contribution in [0.25, 0.3) is 0 Å². The van der Waals surface area contributed by atoms with Gasteiger partial charge in [0.05, 0.1) is 5.56 Å². The molecule has 2 aromatic rings. The number of carbonyl (C=O) groups excluding carboxylic acids is 2. The van der Waals surface area contributed by atoms with E-state index in [1.165, 1.54) is 18.3 Å². The van der Waals surface area contributed by atoms with Crippen LogP contribution in [-0.2, 0) is 4.79 Å². The van der Waals surface area contributed by atoms with Crippen LogP contribution < -0.4 is 15.8 Å². The SMILES string of the molecule is O=C(Nc1cccc(N2CCCCC2=O)c1)c1ccc(=O)[nH]c1. The number of aromatic amines is 1. The molecule has 1 aliphatic heterocycles. The van der Waals surface area contributed by atoms with Crippen molar-refractivity contribution in [1.29, 1.82) is 0 Å². The molecule has 0 saturated carbocycles. The van der Waals surface area contributed by atoms with Gasteiger partial charge in [0.15, 0.2) is 0 Å². The average molecular weight is 311 g/mol. The zero-order chi connectivity index (χ0) is 16.2. The van der Waals surface area contributed by atoms with Gasteiger partial charge in [-0.15, -0.1) is 0 Å². The van der Waals surface area contributed by atoms with Gasteiger partial charge in [0.25, 0.3) is 5.91 Å². The second-order valence-electron chi connectivity index (χ2n) is 5.45. The summed E-state index contributed by atoms with van der Waals surface area (Å²) in [6.45, 7) is 0.705. The van der Waals surface area contributed by atoms with Crippen molar-refractivity contribution in [2.75, 3.05) is 16.8 Å². The average Bonchev–Trinajstić information content (AvgIpc) is 2.56. The molecule has 3 rings (SSSR count). The number of anilines is 2. The summed E-state index contributed by atoms with van der Waals surface area (Å²) in [5.41, 5.74) is 1.50. The minimum absolute atomic E-state index is 0.111. The molecule has 2 N–H and O–H groups in total. The predicted octanol–water partition coefficient (Wildman–Crippen LogP) is 2.14. The standard InChI is InChI=1S/C17H17N3O3/c21-15-8-7-12(11-18-15)17(23)19-13-4-3-5-14(10-13)20-9-2-1-6-16(20)22/h3-5,7-8,10-11H,1-2,6,9H2,(H,18,21)(H,19,23). The van der Waals surface area contributed by atoms with Crippen LogP contribution in [0, 0.1) is 0 Å². The number of pyridine rings is 1. The van der Waals surface area contributed by atoms with E-state index in [4.69, 9.17) is 0 Å². The molecule has 1 aromatic carbocycles. The van der Waals surface area contributed by atoms with Gasteiger partial charge < -0.3 is 15.2 Å². The molecule has 0 aliphatic carbocycles. The number of hydrogen-bond acceptors (Lipinski definition) is 3. The van der Waals surface area contributed by atoms with Gasteiger partial charge in [0.1, 0.15) is 0 Å². The molecule has 2 amide bonds. The Hall–Kier alpha value is -2.89. The summed E-state index contributed by atoms with van der Waals surface area (Å²) >= 11 is 0. The molecule has 0 spiro atoms. The molecule has 1 fully saturated rings. The summed E-state index contributed by atoms with van der Waals surface area (Å²) in [6, 6.07) is 9.98. The lowest BCUT2D eigenvalue weighted by molar-refractivity contribution is -0.119. The van der Waals surface area contributed by atoms with Gasteiger partial charge in [-0.05, 0) is 37.1 Å². The summed E-state index contributed by atoms with van der Waals surface area (Å²) in [5, 5.41) is 2.77. The molecule has 2 heterocycles. The highest BCUT2D eigenvalue weighted by Crippen LogP contribution is 2.24. The van der Waals surface area contributed by atoms with Gasteiger partial charge in [-0.2, -0.15) is 0 Å². The first-order valence-electron chi connectivity index (χ1n) is 7.54. The van der Waals surface area contributed by atoms with Gasteiger partial charge in [-0.3, -0.25) is 14.4 Å². The van der Waals surface area contributed by atoms with Gasteiger partial charge in [-0.1, -0.05) is 6.07 Å². The fourth-order valence-corrected chi connectivity index (χ4v) is 2.59. The summed E-state index contributed by atoms with van der Waals surface area (Å²) in [7, 11) is 0. The van der Waals surface area contributed by atoms with Gasteiger partial charge >= 0.3 is 0 Å². The fourth-order valence-electron chi connectivity index (χ4n) is 2.59. The van der Waals surface area contributed by atoms with E-state index in [-0.39, 0.29) is 17.4 Å². The van der Waals surface area contributed by atoms with E-state index in [9.17, 15) is 14.4 Å². The third kappa shape index (κ3) is 3.48. The number of rotatable bonds is 3. The molecular formula is C17H17N3O3. The maximum atomic E-state index is 12.2. The van der Waals surface area contributed by atoms with Gasteiger partial charge in [0.2, 0.25) is 11.5 Å². The predicted molar refractivity (Wildman–Crippen MR) is 87.7 cm³/mol. The molecule has 1 aromatic heterocycles. The van der Waals surface area contributed by atoms with Crippen LogP contribution in [0.15, 0.2) is 47.4 Å². The van der Waals surface area contributed by atoms with Crippen LogP contribution >= 0.6 is 0 Å². The lowest BCUT2D eigenvalue weighted by Crippen LogP contribution is -2.35. The number of carbonyl (C=O) groups is 2. The smallest absolute Gasteiger partial charge is 0.257 e.